The standard InChI is InChI=1S/C14H20N4O4S.ClH/c1-21-10-14(5-7-15-8-6-14)9-16-23(19,20)12-4-2-3-11-13(12)18-22-17-11;/h2-4,15-16H,5-10H2,1H3;1H. The Morgan fingerprint density at radius 1 is 1.33 bits per heavy atom. The fraction of sp³-hybridized carbons (Fsp3) is 0.571. The molecule has 1 saturated heterocycles. The average Bonchev–Trinajstić information content (AvgIpc) is 3.03. The Bertz CT molecular complexity index is 768. The summed E-state index contributed by atoms with van der Waals surface area (Å²) in [6, 6.07) is 4.78. The molecule has 0 radical (unpaired) electrons. The third kappa shape index (κ3) is 3.86. The maximum atomic E-state index is 12.7. The van der Waals surface area contributed by atoms with Crippen molar-refractivity contribution in [3.8, 4) is 0 Å². The summed E-state index contributed by atoms with van der Waals surface area (Å²) in [4.78, 5) is 0.0813. The number of benzene rings is 1. The number of nitrogens with zero attached hydrogens (tertiary/aromatic N) is 2. The third-order valence-electron chi connectivity index (χ3n) is 4.29. The summed E-state index contributed by atoms with van der Waals surface area (Å²) >= 11 is 0. The second kappa shape index (κ2) is 7.75. The van der Waals surface area contributed by atoms with Gasteiger partial charge in [0.1, 0.15) is 10.4 Å². The number of sulfonamides is 1. The van der Waals surface area contributed by atoms with Crippen molar-refractivity contribution < 1.29 is 17.8 Å². The number of piperidine rings is 1. The average molecular weight is 377 g/mol. The van der Waals surface area contributed by atoms with E-state index in [1.54, 1.807) is 19.2 Å². The molecule has 0 bridgehead atoms. The predicted octanol–water partition coefficient (Wildman–Crippen LogP) is 0.939. The van der Waals surface area contributed by atoms with Crippen molar-refractivity contribution in [2.45, 2.75) is 17.7 Å². The first-order valence-corrected chi connectivity index (χ1v) is 8.95. The molecule has 0 aliphatic carbocycles. The van der Waals surface area contributed by atoms with Crippen LogP contribution in [0.3, 0.4) is 0 Å². The molecule has 1 aliphatic rings. The largest absolute Gasteiger partial charge is 0.384 e. The molecule has 0 saturated carbocycles. The zero-order chi connectivity index (χ0) is 16.3. The number of aromatic nitrogens is 2. The molecule has 1 aromatic carbocycles. The molecule has 3 rings (SSSR count). The van der Waals surface area contributed by atoms with Gasteiger partial charge in [0, 0.05) is 19.1 Å². The van der Waals surface area contributed by atoms with E-state index in [1.807, 2.05) is 0 Å². The Morgan fingerprint density at radius 2 is 2.08 bits per heavy atom. The van der Waals surface area contributed by atoms with Crippen molar-refractivity contribution in [3.63, 3.8) is 0 Å². The number of halogens is 1. The number of ether oxygens (including phenoxy) is 1. The van der Waals surface area contributed by atoms with Crippen molar-refractivity contribution in [1.29, 1.82) is 0 Å². The normalized spacial score (nSPS) is 17.5. The van der Waals surface area contributed by atoms with Gasteiger partial charge in [-0.05, 0) is 48.4 Å². The molecule has 0 spiro atoms. The Kier molecular flexibility index (Phi) is 6.16. The van der Waals surface area contributed by atoms with Crippen LogP contribution in [-0.2, 0) is 14.8 Å². The van der Waals surface area contributed by atoms with Crippen molar-refractivity contribution in [2.24, 2.45) is 5.41 Å². The monoisotopic (exact) mass is 376 g/mol. The lowest BCUT2D eigenvalue weighted by atomic mass is 9.80. The Labute approximate surface area is 146 Å². The molecular weight excluding hydrogens is 356 g/mol. The highest BCUT2D eigenvalue weighted by atomic mass is 35.5. The number of nitrogens with one attached hydrogen (secondary N) is 2. The van der Waals surface area contributed by atoms with Crippen LogP contribution in [0.1, 0.15) is 12.8 Å². The summed E-state index contributed by atoms with van der Waals surface area (Å²) < 4.78 is 38.0. The zero-order valence-corrected chi connectivity index (χ0v) is 15.0. The van der Waals surface area contributed by atoms with E-state index in [-0.39, 0.29) is 28.2 Å². The first kappa shape index (κ1) is 19.1. The molecule has 0 amide bonds. The Hall–Kier alpha value is -1.26. The lowest BCUT2D eigenvalue weighted by Crippen LogP contribution is -2.47. The third-order valence-corrected chi connectivity index (χ3v) is 5.72. The highest BCUT2D eigenvalue weighted by Gasteiger charge is 2.34. The van der Waals surface area contributed by atoms with E-state index in [1.165, 1.54) is 6.07 Å². The molecule has 0 unspecified atom stereocenters. The molecule has 10 heteroatoms. The summed E-state index contributed by atoms with van der Waals surface area (Å²) in [5.41, 5.74) is 0.468. The smallest absolute Gasteiger partial charge is 0.242 e. The van der Waals surface area contributed by atoms with Crippen LogP contribution in [0.15, 0.2) is 27.7 Å². The molecule has 8 nitrogen and oxygen atoms in total. The SMILES string of the molecule is COCC1(CNS(=O)(=O)c2cccc3nonc23)CCNCC1.Cl. The van der Waals surface area contributed by atoms with E-state index in [2.05, 4.69) is 25.0 Å². The zero-order valence-electron chi connectivity index (χ0n) is 13.3. The highest BCUT2D eigenvalue weighted by Crippen LogP contribution is 2.29. The quantitative estimate of drug-likeness (QED) is 0.772. The predicted molar refractivity (Wildman–Crippen MR) is 90.7 cm³/mol. The second-order valence-electron chi connectivity index (χ2n) is 5.90. The molecule has 1 aromatic heterocycles. The van der Waals surface area contributed by atoms with E-state index >= 15 is 0 Å². The van der Waals surface area contributed by atoms with Crippen molar-refractivity contribution in [2.75, 3.05) is 33.4 Å². The van der Waals surface area contributed by atoms with Gasteiger partial charge in [-0.25, -0.2) is 17.8 Å². The van der Waals surface area contributed by atoms with Gasteiger partial charge in [0.15, 0.2) is 5.52 Å². The summed E-state index contributed by atoms with van der Waals surface area (Å²) in [6.07, 6.45) is 1.72. The lowest BCUT2D eigenvalue weighted by Gasteiger charge is -2.37. The maximum absolute atomic E-state index is 12.7. The Morgan fingerprint density at radius 3 is 2.79 bits per heavy atom. The number of hydrogen-bond acceptors (Lipinski definition) is 7. The van der Waals surface area contributed by atoms with Crippen LogP contribution in [0.2, 0.25) is 0 Å². The van der Waals surface area contributed by atoms with Crippen LogP contribution in [0.25, 0.3) is 11.0 Å². The molecule has 0 atom stereocenters. The number of fused-ring (bicyclic) bond motifs is 1. The molecule has 2 aromatic rings. The fourth-order valence-electron chi connectivity index (χ4n) is 2.96. The van der Waals surface area contributed by atoms with Gasteiger partial charge in [0.25, 0.3) is 0 Å². The van der Waals surface area contributed by atoms with E-state index in [0.29, 0.717) is 18.7 Å². The van der Waals surface area contributed by atoms with Gasteiger partial charge in [-0.15, -0.1) is 12.4 Å². The lowest BCUT2D eigenvalue weighted by molar-refractivity contribution is 0.0577. The summed E-state index contributed by atoms with van der Waals surface area (Å²) in [5, 5.41) is 10.7. The van der Waals surface area contributed by atoms with E-state index in [4.69, 9.17) is 4.74 Å². The van der Waals surface area contributed by atoms with Crippen LogP contribution in [0.5, 0.6) is 0 Å². The van der Waals surface area contributed by atoms with Crippen molar-refractivity contribution in [1.82, 2.24) is 20.4 Å². The van der Waals surface area contributed by atoms with Gasteiger partial charge in [-0.3, -0.25) is 0 Å². The molecule has 24 heavy (non-hydrogen) atoms. The van der Waals surface area contributed by atoms with Crippen LogP contribution < -0.4 is 10.0 Å². The maximum Gasteiger partial charge on any atom is 0.242 e. The summed E-state index contributed by atoms with van der Waals surface area (Å²) in [6.45, 7) is 2.56. The first-order chi connectivity index (χ1) is 11.1. The molecular formula is C14H21ClN4O4S. The van der Waals surface area contributed by atoms with E-state index in [0.717, 1.165) is 25.9 Å². The van der Waals surface area contributed by atoms with Crippen molar-refractivity contribution >= 4 is 33.5 Å². The first-order valence-electron chi connectivity index (χ1n) is 7.47. The fourth-order valence-corrected chi connectivity index (χ4v) is 4.27. The second-order valence-corrected chi connectivity index (χ2v) is 7.63. The van der Waals surface area contributed by atoms with Crippen LogP contribution in [0, 0.1) is 5.41 Å². The molecule has 134 valence electrons. The topological polar surface area (TPSA) is 106 Å². The molecule has 1 aliphatic heterocycles. The van der Waals surface area contributed by atoms with Gasteiger partial charge in [0.2, 0.25) is 10.0 Å². The summed E-state index contributed by atoms with van der Waals surface area (Å²) in [5.74, 6) is 0. The minimum absolute atomic E-state index is 0. The van der Waals surface area contributed by atoms with Gasteiger partial charge in [-0.1, -0.05) is 6.07 Å². The minimum atomic E-state index is -3.70. The van der Waals surface area contributed by atoms with Crippen LogP contribution >= 0.6 is 12.4 Å². The van der Waals surface area contributed by atoms with E-state index in [9.17, 15) is 8.42 Å². The highest BCUT2D eigenvalue weighted by molar-refractivity contribution is 7.89. The molecule has 1 fully saturated rings. The number of hydrogen-bond donors (Lipinski definition) is 2. The van der Waals surface area contributed by atoms with Crippen molar-refractivity contribution in [3.05, 3.63) is 18.2 Å². The summed E-state index contributed by atoms with van der Waals surface area (Å²) in [7, 11) is -2.06. The van der Waals surface area contributed by atoms with Gasteiger partial charge >= 0.3 is 0 Å². The van der Waals surface area contributed by atoms with Crippen LogP contribution in [-0.4, -0.2) is 52.1 Å². The Balaban J connectivity index is 0.00000208. The van der Waals surface area contributed by atoms with Gasteiger partial charge < -0.3 is 10.1 Å². The van der Waals surface area contributed by atoms with Gasteiger partial charge in [-0.2, -0.15) is 0 Å². The minimum Gasteiger partial charge on any atom is -0.384 e. The number of rotatable bonds is 6. The van der Waals surface area contributed by atoms with Gasteiger partial charge in [0.05, 0.1) is 6.61 Å². The molecule has 2 N–H and O–H groups in total. The molecule has 2 heterocycles. The van der Waals surface area contributed by atoms with E-state index < -0.39 is 10.0 Å². The number of methoxy groups -OCH3 is 1. The van der Waals surface area contributed by atoms with Crippen LogP contribution in [0.4, 0.5) is 0 Å².